The van der Waals surface area contributed by atoms with Crippen LogP contribution in [0.5, 0.6) is 0 Å². The Labute approximate surface area is 130 Å². The number of piperidine rings is 1. The van der Waals surface area contributed by atoms with Gasteiger partial charge in [0.25, 0.3) is 0 Å². The van der Waals surface area contributed by atoms with Crippen molar-refractivity contribution in [2.24, 2.45) is 5.73 Å². The van der Waals surface area contributed by atoms with E-state index in [1.165, 1.54) is 12.1 Å². The maximum Gasteiger partial charge on any atom is 0.159 e. The second-order valence-electron chi connectivity index (χ2n) is 5.71. The highest BCUT2D eigenvalue weighted by Gasteiger charge is 2.19. The average Bonchev–Trinajstić information content (AvgIpc) is 2.55. The van der Waals surface area contributed by atoms with Gasteiger partial charge in [-0.15, -0.1) is 0 Å². The van der Waals surface area contributed by atoms with Crippen molar-refractivity contribution in [3.8, 4) is 11.4 Å². The minimum absolute atomic E-state index is 0.270. The first-order valence-corrected chi connectivity index (χ1v) is 7.79. The number of nitrogens with zero attached hydrogens (tertiary/aromatic N) is 3. The Morgan fingerprint density at radius 2 is 2.09 bits per heavy atom. The Balaban J connectivity index is 1.91. The Morgan fingerprint density at radius 3 is 2.77 bits per heavy atom. The molecule has 0 saturated carbocycles. The van der Waals surface area contributed by atoms with Gasteiger partial charge in [0.1, 0.15) is 5.82 Å². The zero-order valence-corrected chi connectivity index (χ0v) is 12.8. The first kappa shape index (κ1) is 14.9. The second-order valence-corrected chi connectivity index (χ2v) is 5.71. The van der Waals surface area contributed by atoms with Crippen molar-refractivity contribution in [2.45, 2.75) is 32.2 Å². The summed E-state index contributed by atoms with van der Waals surface area (Å²) in [5.41, 5.74) is 8.76. The summed E-state index contributed by atoms with van der Waals surface area (Å²) in [5.74, 6) is 0.307. The number of halogens is 1. The lowest BCUT2D eigenvalue weighted by molar-refractivity contribution is 0.499. The maximum atomic E-state index is 13.4. The molecule has 1 fully saturated rings. The Bertz CT molecular complexity index is 651. The molecule has 4 nitrogen and oxygen atoms in total. The van der Waals surface area contributed by atoms with Gasteiger partial charge in [0, 0.05) is 24.7 Å². The molecule has 22 heavy (non-hydrogen) atoms. The summed E-state index contributed by atoms with van der Waals surface area (Å²) in [7, 11) is 0. The zero-order valence-electron chi connectivity index (χ0n) is 12.8. The quantitative estimate of drug-likeness (QED) is 0.947. The molecule has 2 N–H and O–H groups in total. The fourth-order valence-corrected chi connectivity index (χ4v) is 2.84. The molecule has 2 aromatic rings. The predicted molar refractivity (Wildman–Crippen MR) is 86.2 cm³/mol. The van der Waals surface area contributed by atoms with E-state index in [-0.39, 0.29) is 5.82 Å². The van der Waals surface area contributed by atoms with E-state index in [9.17, 15) is 4.39 Å². The lowest BCUT2D eigenvalue weighted by atomic mass is 10.1. The van der Waals surface area contributed by atoms with E-state index >= 15 is 0 Å². The highest BCUT2D eigenvalue weighted by molar-refractivity contribution is 5.59. The molecule has 0 spiro atoms. The van der Waals surface area contributed by atoms with Gasteiger partial charge in [0.05, 0.1) is 17.6 Å². The normalized spacial score (nSPS) is 16.0. The van der Waals surface area contributed by atoms with Gasteiger partial charge in [0.2, 0.25) is 0 Å². The average molecular weight is 300 g/mol. The number of aryl methyl sites for hydroxylation is 1. The van der Waals surface area contributed by atoms with E-state index in [1.807, 2.05) is 12.3 Å². The van der Waals surface area contributed by atoms with Crippen molar-refractivity contribution in [3.05, 3.63) is 42.0 Å². The fraction of sp³-hybridized carbons (Fsp3) is 0.412. The molecule has 0 radical (unpaired) electrons. The van der Waals surface area contributed by atoms with Crippen molar-refractivity contribution < 1.29 is 4.39 Å². The molecule has 1 aromatic carbocycles. The lowest BCUT2D eigenvalue weighted by Crippen LogP contribution is -2.40. The van der Waals surface area contributed by atoms with E-state index in [0.717, 1.165) is 43.7 Å². The van der Waals surface area contributed by atoms with Crippen molar-refractivity contribution in [1.29, 1.82) is 0 Å². The number of hydrogen-bond donors (Lipinski definition) is 1. The molecule has 3 rings (SSSR count). The fourth-order valence-electron chi connectivity index (χ4n) is 2.84. The Morgan fingerprint density at radius 1 is 1.32 bits per heavy atom. The van der Waals surface area contributed by atoms with Crippen molar-refractivity contribution in [2.75, 3.05) is 18.0 Å². The van der Waals surface area contributed by atoms with Crippen molar-refractivity contribution in [3.63, 3.8) is 0 Å². The van der Waals surface area contributed by atoms with Gasteiger partial charge < -0.3 is 10.6 Å². The largest absolute Gasteiger partial charge is 0.369 e. The first-order valence-electron chi connectivity index (χ1n) is 7.79. The van der Waals surface area contributed by atoms with Gasteiger partial charge in [-0.3, -0.25) is 0 Å². The summed E-state index contributed by atoms with van der Waals surface area (Å²) in [4.78, 5) is 11.4. The molecule has 0 unspecified atom stereocenters. The topological polar surface area (TPSA) is 55.0 Å². The number of rotatable bonds is 3. The van der Waals surface area contributed by atoms with E-state index < -0.39 is 0 Å². The summed E-state index contributed by atoms with van der Waals surface area (Å²) in [6.45, 7) is 3.96. The minimum atomic E-state index is -0.270. The standard InChI is InChI=1S/C17H21FN4/c1-2-15-16(22-8-6-14(19)7-9-22)11-20-17(21-15)12-4-3-5-13(18)10-12/h3-5,10-11,14H,2,6-9,19H2,1H3. The third-order valence-electron chi connectivity index (χ3n) is 4.14. The Kier molecular flexibility index (Phi) is 4.34. The van der Waals surface area contributed by atoms with Gasteiger partial charge in [-0.25, -0.2) is 14.4 Å². The maximum absolute atomic E-state index is 13.4. The van der Waals surface area contributed by atoms with Gasteiger partial charge >= 0.3 is 0 Å². The molecule has 2 heterocycles. The van der Waals surface area contributed by atoms with Crippen LogP contribution in [0.4, 0.5) is 10.1 Å². The molecule has 1 saturated heterocycles. The van der Waals surface area contributed by atoms with Gasteiger partial charge in [-0.1, -0.05) is 19.1 Å². The molecule has 1 aliphatic heterocycles. The highest BCUT2D eigenvalue weighted by Crippen LogP contribution is 2.25. The molecular weight excluding hydrogens is 279 g/mol. The van der Waals surface area contributed by atoms with Gasteiger partial charge in [0.15, 0.2) is 5.82 Å². The predicted octanol–water partition coefficient (Wildman–Crippen LogP) is 2.77. The first-order chi connectivity index (χ1) is 10.7. The van der Waals surface area contributed by atoms with Crippen LogP contribution >= 0.6 is 0 Å². The zero-order chi connectivity index (χ0) is 15.5. The smallest absolute Gasteiger partial charge is 0.159 e. The Hall–Kier alpha value is -2.01. The number of anilines is 1. The molecule has 1 aliphatic rings. The summed E-state index contributed by atoms with van der Waals surface area (Å²) in [6.07, 6.45) is 4.68. The summed E-state index contributed by atoms with van der Waals surface area (Å²) < 4.78 is 13.4. The molecule has 116 valence electrons. The molecule has 0 amide bonds. The molecular formula is C17H21FN4. The summed E-state index contributed by atoms with van der Waals surface area (Å²) in [6, 6.07) is 6.70. The van der Waals surface area contributed by atoms with E-state index in [0.29, 0.717) is 17.4 Å². The molecule has 1 aromatic heterocycles. The minimum Gasteiger partial charge on any atom is -0.369 e. The van der Waals surface area contributed by atoms with E-state index in [4.69, 9.17) is 5.73 Å². The molecule has 5 heteroatoms. The van der Waals surface area contributed by atoms with Crippen molar-refractivity contribution >= 4 is 5.69 Å². The third kappa shape index (κ3) is 3.09. The van der Waals surface area contributed by atoms with Crippen LogP contribution in [0, 0.1) is 5.82 Å². The van der Waals surface area contributed by atoms with E-state index in [1.54, 1.807) is 6.07 Å². The summed E-state index contributed by atoms with van der Waals surface area (Å²) >= 11 is 0. The van der Waals surface area contributed by atoms with Crippen LogP contribution in [0.25, 0.3) is 11.4 Å². The van der Waals surface area contributed by atoms with Crippen LogP contribution in [0.15, 0.2) is 30.5 Å². The lowest BCUT2D eigenvalue weighted by Gasteiger charge is -2.32. The third-order valence-corrected chi connectivity index (χ3v) is 4.14. The van der Waals surface area contributed by atoms with Crippen LogP contribution < -0.4 is 10.6 Å². The van der Waals surface area contributed by atoms with Crippen molar-refractivity contribution in [1.82, 2.24) is 9.97 Å². The SMILES string of the molecule is CCc1nc(-c2cccc(F)c2)ncc1N1CCC(N)CC1. The van der Waals surface area contributed by atoms with Gasteiger partial charge in [-0.05, 0) is 31.4 Å². The number of aromatic nitrogens is 2. The number of benzene rings is 1. The van der Waals surface area contributed by atoms with Gasteiger partial charge in [-0.2, -0.15) is 0 Å². The number of hydrogen-bond acceptors (Lipinski definition) is 4. The molecule has 0 aliphatic carbocycles. The molecule has 0 atom stereocenters. The monoisotopic (exact) mass is 300 g/mol. The number of nitrogens with two attached hydrogens (primary N) is 1. The van der Waals surface area contributed by atoms with Crippen LogP contribution in [-0.4, -0.2) is 29.1 Å². The van der Waals surface area contributed by atoms with E-state index in [2.05, 4.69) is 21.8 Å². The van der Waals surface area contributed by atoms with Crippen LogP contribution in [0.1, 0.15) is 25.5 Å². The van der Waals surface area contributed by atoms with Crippen LogP contribution in [0.2, 0.25) is 0 Å². The highest BCUT2D eigenvalue weighted by atomic mass is 19.1. The summed E-state index contributed by atoms with van der Waals surface area (Å²) in [5, 5.41) is 0. The molecule has 0 bridgehead atoms. The van der Waals surface area contributed by atoms with Crippen LogP contribution in [0.3, 0.4) is 0 Å². The van der Waals surface area contributed by atoms with Crippen LogP contribution in [-0.2, 0) is 6.42 Å². The second kappa shape index (κ2) is 6.40.